The fraction of sp³-hybridized carbons (Fsp3) is 0.647. The average molecular weight is 260 g/mol. The zero-order valence-electron chi connectivity index (χ0n) is 12.7. The number of rotatable bonds is 7. The van der Waals surface area contributed by atoms with Gasteiger partial charge in [-0.15, -0.1) is 0 Å². The van der Waals surface area contributed by atoms with E-state index in [9.17, 15) is 0 Å². The summed E-state index contributed by atoms with van der Waals surface area (Å²) in [5.74, 6) is 0. The Bertz CT molecular complexity index is 400. The molecule has 1 aliphatic heterocycles. The molecule has 1 aliphatic rings. The van der Waals surface area contributed by atoms with Gasteiger partial charge in [-0.1, -0.05) is 32.4 Å². The minimum atomic E-state index is 0.674. The predicted molar refractivity (Wildman–Crippen MR) is 83.7 cm³/mol. The van der Waals surface area contributed by atoms with Crippen LogP contribution in [-0.4, -0.2) is 24.0 Å². The maximum atomic E-state index is 3.48. The van der Waals surface area contributed by atoms with Gasteiger partial charge < -0.3 is 5.32 Å². The number of hydrogen-bond donors (Lipinski definition) is 1. The molecule has 1 unspecified atom stereocenters. The summed E-state index contributed by atoms with van der Waals surface area (Å²) >= 11 is 0. The molecule has 2 heteroatoms. The van der Waals surface area contributed by atoms with Crippen LogP contribution < -0.4 is 5.32 Å². The van der Waals surface area contributed by atoms with Gasteiger partial charge in [0.15, 0.2) is 0 Å². The number of nitrogens with zero attached hydrogens (tertiary/aromatic N) is 1. The quantitative estimate of drug-likeness (QED) is 0.795. The second-order valence-electron chi connectivity index (χ2n) is 5.75. The van der Waals surface area contributed by atoms with E-state index in [4.69, 9.17) is 0 Å². The van der Waals surface area contributed by atoms with Crippen LogP contribution in [0.4, 0.5) is 5.69 Å². The number of unbranched alkanes of at least 4 members (excludes halogenated alkanes) is 1. The van der Waals surface area contributed by atoms with Crippen LogP contribution in [0.15, 0.2) is 18.2 Å². The van der Waals surface area contributed by atoms with Gasteiger partial charge in [0.25, 0.3) is 0 Å². The van der Waals surface area contributed by atoms with Gasteiger partial charge in [-0.25, -0.2) is 0 Å². The van der Waals surface area contributed by atoms with Gasteiger partial charge in [0.1, 0.15) is 0 Å². The van der Waals surface area contributed by atoms with Crippen molar-refractivity contribution < 1.29 is 0 Å². The summed E-state index contributed by atoms with van der Waals surface area (Å²) in [4.78, 5) is 2.63. The van der Waals surface area contributed by atoms with Crippen molar-refractivity contribution in [1.29, 1.82) is 0 Å². The molecule has 0 aliphatic carbocycles. The number of benzene rings is 1. The minimum absolute atomic E-state index is 0.674. The molecule has 0 aromatic heterocycles. The van der Waals surface area contributed by atoms with Crippen LogP contribution in [0, 0.1) is 0 Å². The Morgan fingerprint density at radius 2 is 2.16 bits per heavy atom. The Hall–Kier alpha value is -1.02. The number of fused-ring (bicyclic) bond motifs is 1. The van der Waals surface area contributed by atoms with Crippen LogP contribution in [0.5, 0.6) is 0 Å². The molecule has 0 fully saturated rings. The molecular weight excluding hydrogens is 232 g/mol. The Balaban J connectivity index is 2.03. The van der Waals surface area contributed by atoms with Gasteiger partial charge in [0.05, 0.1) is 0 Å². The molecule has 0 radical (unpaired) electrons. The van der Waals surface area contributed by atoms with E-state index in [2.05, 4.69) is 49.2 Å². The zero-order chi connectivity index (χ0) is 13.7. The molecule has 1 aromatic carbocycles. The number of anilines is 1. The molecule has 1 N–H and O–H groups in total. The van der Waals surface area contributed by atoms with Gasteiger partial charge in [-0.05, 0) is 49.9 Å². The lowest BCUT2D eigenvalue weighted by atomic mass is 10.1. The smallest absolute Gasteiger partial charge is 0.0376 e. The highest BCUT2D eigenvalue weighted by molar-refractivity contribution is 5.57. The molecule has 0 saturated heterocycles. The summed E-state index contributed by atoms with van der Waals surface area (Å²) in [6, 6.07) is 7.64. The molecule has 1 atom stereocenters. The van der Waals surface area contributed by atoms with Crippen molar-refractivity contribution in [2.24, 2.45) is 0 Å². The van der Waals surface area contributed by atoms with Crippen molar-refractivity contribution in [3.63, 3.8) is 0 Å². The molecule has 0 amide bonds. The van der Waals surface area contributed by atoms with E-state index in [0.717, 1.165) is 13.1 Å². The van der Waals surface area contributed by atoms with Gasteiger partial charge in [0, 0.05) is 24.8 Å². The van der Waals surface area contributed by atoms with E-state index < -0.39 is 0 Å². The van der Waals surface area contributed by atoms with Crippen molar-refractivity contribution in [3.8, 4) is 0 Å². The molecular formula is C17H28N2. The SMILES string of the molecule is CCCCN(Cc1ccc2c(c1)NCC2)C(C)CC. The first-order valence-corrected chi connectivity index (χ1v) is 7.84. The second-order valence-corrected chi connectivity index (χ2v) is 5.75. The lowest BCUT2D eigenvalue weighted by molar-refractivity contribution is 0.192. The van der Waals surface area contributed by atoms with E-state index in [1.807, 2.05) is 0 Å². The van der Waals surface area contributed by atoms with E-state index in [1.165, 1.54) is 49.0 Å². The van der Waals surface area contributed by atoms with Crippen LogP contribution in [0.2, 0.25) is 0 Å². The maximum absolute atomic E-state index is 3.48. The summed E-state index contributed by atoms with van der Waals surface area (Å²) in [6.07, 6.45) is 4.99. The molecule has 1 aromatic rings. The van der Waals surface area contributed by atoms with Crippen molar-refractivity contribution in [1.82, 2.24) is 4.90 Å². The highest BCUT2D eigenvalue weighted by Crippen LogP contribution is 2.24. The van der Waals surface area contributed by atoms with Crippen molar-refractivity contribution in [2.45, 2.75) is 59.0 Å². The first-order chi connectivity index (χ1) is 9.24. The van der Waals surface area contributed by atoms with Crippen LogP contribution >= 0.6 is 0 Å². The summed E-state index contributed by atoms with van der Waals surface area (Å²) in [6.45, 7) is 10.3. The van der Waals surface area contributed by atoms with Crippen molar-refractivity contribution in [2.75, 3.05) is 18.4 Å². The largest absolute Gasteiger partial charge is 0.384 e. The van der Waals surface area contributed by atoms with E-state index >= 15 is 0 Å². The van der Waals surface area contributed by atoms with Crippen LogP contribution in [-0.2, 0) is 13.0 Å². The highest BCUT2D eigenvalue weighted by atomic mass is 15.1. The van der Waals surface area contributed by atoms with E-state index in [-0.39, 0.29) is 0 Å². The number of hydrogen-bond acceptors (Lipinski definition) is 2. The van der Waals surface area contributed by atoms with Gasteiger partial charge in [-0.3, -0.25) is 4.90 Å². The molecule has 0 saturated carbocycles. The monoisotopic (exact) mass is 260 g/mol. The average Bonchev–Trinajstić information content (AvgIpc) is 2.90. The lowest BCUT2D eigenvalue weighted by Crippen LogP contribution is -2.33. The Morgan fingerprint density at radius 1 is 1.32 bits per heavy atom. The molecule has 106 valence electrons. The number of nitrogens with one attached hydrogen (secondary N) is 1. The first kappa shape index (κ1) is 14.4. The summed E-state index contributed by atoms with van der Waals surface area (Å²) < 4.78 is 0. The fourth-order valence-electron chi connectivity index (χ4n) is 2.75. The zero-order valence-corrected chi connectivity index (χ0v) is 12.7. The van der Waals surface area contributed by atoms with Crippen LogP contribution in [0.25, 0.3) is 0 Å². The summed E-state index contributed by atoms with van der Waals surface area (Å²) in [5, 5.41) is 3.48. The third-order valence-electron chi connectivity index (χ3n) is 4.28. The summed E-state index contributed by atoms with van der Waals surface area (Å²) in [7, 11) is 0. The van der Waals surface area contributed by atoms with Gasteiger partial charge in [0.2, 0.25) is 0 Å². The first-order valence-electron chi connectivity index (χ1n) is 7.84. The molecule has 19 heavy (non-hydrogen) atoms. The standard InChI is InChI=1S/C17H28N2/c1-4-6-11-19(14(3)5-2)13-15-7-8-16-9-10-18-17(16)12-15/h7-8,12,14,18H,4-6,9-11,13H2,1-3H3. The topological polar surface area (TPSA) is 15.3 Å². The van der Waals surface area contributed by atoms with Gasteiger partial charge in [-0.2, -0.15) is 0 Å². The summed E-state index contributed by atoms with van der Waals surface area (Å²) in [5.41, 5.74) is 4.29. The lowest BCUT2D eigenvalue weighted by Gasteiger charge is -2.28. The Labute approximate surface area is 118 Å². The van der Waals surface area contributed by atoms with Crippen molar-refractivity contribution in [3.05, 3.63) is 29.3 Å². The Morgan fingerprint density at radius 3 is 2.89 bits per heavy atom. The molecule has 2 rings (SSSR count). The van der Waals surface area contributed by atoms with Crippen LogP contribution in [0.1, 0.15) is 51.2 Å². The second kappa shape index (κ2) is 6.95. The van der Waals surface area contributed by atoms with Crippen molar-refractivity contribution >= 4 is 5.69 Å². The third-order valence-corrected chi connectivity index (χ3v) is 4.28. The third kappa shape index (κ3) is 3.73. The fourth-order valence-corrected chi connectivity index (χ4v) is 2.75. The van der Waals surface area contributed by atoms with Crippen LogP contribution in [0.3, 0.4) is 0 Å². The molecule has 2 nitrogen and oxygen atoms in total. The molecule has 1 heterocycles. The maximum Gasteiger partial charge on any atom is 0.0376 e. The molecule has 0 bridgehead atoms. The predicted octanol–water partition coefficient (Wildman–Crippen LogP) is 4.06. The molecule has 0 spiro atoms. The highest BCUT2D eigenvalue weighted by Gasteiger charge is 2.14. The van der Waals surface area contributed by atoms with E-state index in [0.29, 0.717) is 6.04 Å². The Kier molecular flexibility index (Phi) is 5.26. The van der Waals surface area contributed by atoms with E-state index in [1.54, 1.807) is 0 Å². The normalized spacial score (nSPS) is 15.4. The van der Waals surface area contributed by atoms with Gasteiger partial charge >= 0.3 is 0 Å². The minimum Gasteiger partial charge on any atom is -0.384 e.